The first-order valence-corrected chi connectivity index (χ1v) is 9.74. The average molecular weight is 371 g/mol. The Morgan fingerprint density at radius 3 is 1.92 bits per heavy atom. The van der Waals surface area contributed by atoms with Gasteiger partial charge in [-0.1, -0.05) is 44.2 Å². The summed E-state index contributed by atoms with van der Waals surface area (Å²) in [6.07, 6.45) is 0. The van der Waals surface area contributed by atoms with Gasteiger partial charge in [-0.2, -0.15) is 4.31 Å². The highest BCUT2D eigenvalue weighted by molar-refractivity contribution is 7.89. The molecule has 0 heterocycles. The van der Waals surface area contributed by atoms with E-state index in [-0.39, 0.29) is 31.2 Å². The van der Waals surface area contributed by atoms with Gasteiger partial charge >= 0.3 is 0 Å². The molecule has 2 rings (SSSR count). The molecule has 4 N–H and O–H groups in total. The summed E-state index contributed by atoms with van der Waals surface area (Å²) in [6, 6.07) is 10.7. The Kier molecular flexibility index (Phi) is 11.2. The van der Waals surface area contributed by atoms with Crippen LogP contribution in [0.1, 0.15) is 19.4 Å². The Bertz CT molecular complexity index is 727. The lowest BCUT2D eigenvalue weighted by molar-refractivity contribution is 0.217. The molecule has 0 saturated heterocycles. The number of nitrogens with zero attached hydrogens (tertiary/aromatic N) is 1. The number of aliphatic hydroxyl groups excluding tert-OH is 2. The van der Waals surface area contributed by atoms with Crippen molar-refractivity contribution in [3.8, 4) is 0 Å². The summed E-state index contributed by atoms with van der Waals surface area (Å²) in [5, 5.41) is 19.6. The van der Waals surface area contributed by atoms with Gasteiger partial charge in [-0.15, -0.1) is 0 Å². The number of rotatable bonds is 6. The SMILES string of the molecule is CC.CN.Cc1cccc2c(S(=O)(=O)N(CCO)CCO)cccc12. The van der Waals surface area contributed by atoms with Crippen molar-refractivity contribution in [2.75, 3.05) is 33.4 Å². The minimum absolute atomic E-state index is 0.0366. The molecule has 2 aromatic carbocycles. The molecule has 0 aliphatic rings. The topological polar surface area (TPSA) is 104 Å². The van der Waals surface area contributed by atoms with Crippen LogP contribution >= 0.6 is 0 Å². The molecule has 0 aliphatic carbocycles. The van der Waals surface area contributed by atoms with Crippen LogP contribution in [0.5, 0.6) is 0 Å². The van der Waals surface area contributed by atoms with Gasteiger partial charge in [0.2, 0.25) is 10.0 Å². The molecule has 2 aromatic rings. The molecule has 0 unspecified atom stereocenters. The van der Waals surface area contributed by atoms with Gasteiger partial charge in [0.15, 0.2) is 0 Å². The Morgan fingerprint density at radius 1 is 0.920 bits per heavy atom. The molecule has 0 saturated carbocycles. The second-order valence-electron chi connectivity index (χ2n) is 4.78. The van der Waals surface area contributed by atoms with Gasteiger partial charge in [0, 0.05) is 18.5 Å². The Balaban J connectivity index is 0.00000134. The summed E-state index contributed by atoms with van der Waals surface area (Å²) >= 11 is 0. The zero-order valence-corrected chi connectivity index (χ0v) is 16.3. The second kappa shape index (κ2) is 11.9. The Hall–Kier alpha value is -1.51. The number of aryl methyl sites for hydroxylation is 1. The monoisotopic (exact) mass is 370 g/mol. The summed E-state index contributed by atoms with van der Waals surface area (Å²) in [5.41, 5.74) is 5.50. The number of aliphatic hydroxyl groups is 2. The van der Waals surface area contributed by atoms with E-state index in [1.165, 1.54) is 7.05 Å². The van der Waals surface area contributed by atoms with Crippen molar-refractivity contribution in [2.45, 2.75) is 25.7 Å². The zero-order chi connectivity index (χ0) is 19.5. The number of sulfonamides is 1. The van der Waals surface area contributed by atoms with Crippen LogP contribution in [0.3, 0.4) is 0 Å². The zero-order valence-electron chi connectivity index (χ0n) is 15.4. The van der Waals surface area contributed by atoms with Crippen molar-refractivity contribution < 1.29 is 18.6 Å². The predicted octanol–water partition coefficient (Wildman–Crippen LogP) is 1.72. The molecular weight excluding hydrogens is 340 g/mol. The van der Waals surface area contributed by atoms with Crippen molar-refractivity contribution in [1.82, 2.24) is 4.31 Å². The number of hydrogen-bond donors (Lipinski definition) is 3. The van der Waals surface area contributed by atoms with Gasteiger partial charge in [0.25, 0.3) is 0 Å². The van der Waals surface area contributed by atoms with Crippen molar-refractivity contribution in [1.29, 1.82) is 0 Å². The van der Waals surface area contributed by atoms with E-state index in [0.29, 0.717) is 5.39 Å². The molecule has 0 spiro atoms. The first-order chi connectivity index (χ1) is 12.0. The standard InChI is InChI=1S/C15H19NO4S.C2H6.CH5N/c1-12-4-2-6-14-13(12)5-3-7-15(14)21(19,20)16(8-10-17)9-11-18;2*1-2/h2-7,17-18H,8-11H2,1H3;1-2H3;2H2,1H3. The quantitative estimate of drug-likeness (QED) is 0.718. The first kappa shape index (κ1) is 23.5. The van der Waals surface area contributed by atoms with Crippen LogP contribution in [0.25, 0.3) is 10.8 Å². The highest BCUT2D eigenvalue weighted by Gasteiger charge is 2.25. The minimum Gasteiger partial charge on any atom is -0.395 e. The van der Waals surface area contributed by atoms with E-state index >= 15 is 0 Å². The fourth-order valence-electron chi connectivity index (χ4n) is 2.38. The molecule has 0 amide bonds. The normalized spacial score (nSPS) is 10.7. The third-order valence-electron chi connectivity index (χ3n) is 3.42. The molecular formula is C18H30N2O4S. The van der Waals surface area contributed by atoms with Crippen molar-refractivity contribution in [2.24, 2.45) is 5.73 Å². The largest absolute Gasteiger partial charge is 0.395 e. The van der Waals surface area contributed by atoms with Crippen LogP contribution in [0.4, 0.5) is 0 Å². The predicted molar refractivity (Wildman–Crippen MR) is 103 cm³/mol. The van der Waals surface area contributed by atoms with E-state index in [1.54, 1.807) is 18.2 Å². The van der Waals surface area contributed by atoms with Crippen LogP contribution in [0.15, 0.2) is 41.3 Å². The summed E-state index contributed by atoms with van der Waals surface area (Å²) in [6.45, 7) is 5.28. The average Bonchev–Trinajstić information content (AvgIpc) is 2.65. The molecule has 0 radical (unpaired) electrons. The van der Waals surface area contributed by atoms with E-state index in [4.69, 9.17) is 10.2 Å². The third kappa shape index (κ3) is 5.76. The smallest absolute Gasteiger partial charge is 0.243 e. The van der Waals surface area contributed by atoms with Crippen LogP contribution in [-0.4, -0.2) is 56.3 Å². The lowest BCUT2D eigenvalue weighted by Gasteiger charge is -2.21. The fraction of sp³-hybridized carbons (Fsp3) is 0.444. The number of nitrogens with two attached hydrogens (primary N) is 1. The number of fused-ring (bicyclic) bond motifs is 1. The molecule has 0 fully saturated rings. The van der Waals surface area contributed by atoms with Gasteiger partial charge in [-0.25, -0.2) is 8.42 Å². The first-order valence-electron chi connectivity index (χ1n) is 8.30. The molecule has 6 nitrogen and oxygen atoms in total. The van der Waals surface area contributed by atoms with Crippen molar-refractivity contribution in [3.05, 3.63) is 42.0 Å². The van der Waals surface area contributed by atoms with Crippen molar-refractivity contribution >= 4 is 20.8 Å². The van der Waals surface area contributed by atoms with Crippen LogP contribution in [0.2, 0.25) is 0 Å². The van der Waals surface area contributed by atoms with Gasteiger partial charge in [0.1, 0.15) is 0 Å². The third-order valence-corrected chi connectivity index (χ3v) is 5.37. The molecule has 0 aromatic heterocycles. The molecule has 0 bridgehead atoms. The van der Waals surface area contributed by atoms with Crippen LogP contribution < -0.4 is 5.73 Å². The van der Waals surface area contributed by atoms with E-state index in [0.717, 1.165) is 15.3 Å². The minimum atomic E-state index is -3.76. The molecule has 25 heavy (non-hydrogen) atoms. The van der Waals surface area contributed by atoms with Gasteiger partial charge < -0.3 is 15.9 Å². The highest BCUT2D eigenvalue weighted by atomic mass is 32.2. The van der Waals surface area contributed by atoms with E-state index in [1.807, 2.05) is 39.0 Å². The fourth-order valence-corrected chi connectivity index (χ4v) is 4.01. The maximum atomic E-state index is 12.7. The summed E-state index contributed by atoms with van der Waals surface area (Å²) in [7, 11) is -2.26. The molecule has 7 heteroatoms. The maximum absolute atomic E-state index is 12.7. The van der Waals surface area contributed by atoms with E-state index in [2.05, 4.69) is 5.73 Å². The van der Waals surface area contributed by atoms with Gasteiger partial charge in [-0.05, 0) is 31.0 Å². The molecule has 0 atom stereocenters. The van der Waals surface area contributed by atoms with Gasteiger partial charge in [0.05, 0.1) is 18.1 Å². The molecule has 0 aliphatic heterocycles. The second-order valence-corrected chi connectivity index (χ2v) is 6.68. The highest BCUT2D eigenvalue weighted by Crippen LogP contribution is 2.27. The maximum Gasteiger partial charge on any atom is 0.243 e. The lowest BCUT2D eigenvalue weighted by Crippen LogP contribution is -2.36. The number of hydrogen-bond acceptors (Lipinski definition) is 5. The van der Waals surface area contributed by atoms with E-state index in [9.17, 15) is 8.42 Å². The summed E-state index contributed by atoms with van der Waals surface area (Å²) in [5.74, 6) is 0. The summed E-state index contributed by atoms with van der Waals surface area (Å²) < 4.78 is 26.6. The molecule has 142 valence electrons. The van der Waals surface area contributed by atoms with Crippen LogP contribution in [-0.2, 0) is 10.0 Å². The number of benzene rings is 2. The van der Waals surface area contributed by atoms with E-state index < -0.39 is 10.0 Å². The Labute approximate surface area is 150 Å². The lowest BCUT2D eigenvalue weighted by atomic mass is 10.1. The van der Waals surface area contributed by atoms with Crippen molar-refractivity contribution in [3.63, 3.8) is 0 Å². The summed E-state index contributed by atoms with van der Waals surface area (Å²) in [4.78, 5) is 0.200. The Morgan fingerprint density at radius 2 is 1.40 bits per heavy atom. The van der Waals surface area contributed by atoms with Gasteiger partial charge in [-0.3, -0.25) is 0 Å². The van der Waals surface area contributed by atoms with Crippen LogP contribution in [0, 0.1) is 6.92 Å².